The van der Waals surface area contributed by atoms with Gasteiger partial charge in [0.2, 0.25) is 10.7 Å². The zero-order valence-corrected chi connectivity index (χ0v) is 31.4. The molecule has 21 heteroatoms. The first kappa shape index (κ1) is 39.4. The van der Waals surface area contributed by atoms with Crippen LogP contribution in [0.4, 0.5) is 26.5 Å². The molecule has 4 aromatic rings. The number of rotatable bonds is 11. The average Bonchev–Trinajstić information content (AvgIpc) is 3.64. The lowest BCUT2D eigenvalue weighted by Gasteiger charge is -2.28. The van der Waals surface area contributed by atoms with Gasteiger partial charge < -0.3 is 28.3 Å². The third kappa shape index (κ3) is 9.38. The first-order valence-electron chi connectivity index (χ1n) is 16.0. The SMILES string of the molecule is C#CCN1C(=O)COc2cc(F)c(/N=c3\snc4n3CC(C)(C)C4)cc21.COCCOc1ccccc1S(=O)(=O)NC(=O)Nc1nc(OC)nc(OC)n1. The van der Waals surface area contributed by atoms with Crippen molar-refractivity contribution in [3.05, 3.63) is 52.8 Å². The summed E-state index contributed by atoms with van der Waals surface area (Å²) in [6.07, 6.45) is 6.22. The van der Waals surface area contributed by atoms with Crippen molar-refractivity contribution in [2.45, 2.75) is 31.7 Å². The molecule has 2 aliphatic rings. The Morgan fingerprint density at radius 2 is 1.85 bits per heavy atom. The molecule has 0 atom stereocenters. The summed E-state index contributed by atoms with van der Waals surface area (Å²) < 4.78 is 73.2. The number of benzene rings is 2. The van der Waals surface area contributed by atoms with Crippen LogP contribution in [0.5, 0.6) is 23.5 Å². The minimum Gasteiger partial charge on any atom is -0.490 e. The molecule has 4 heterocycles. The van der Waals surface area contributed by atoms with Crippen molar-refractivity contribution in [2.24, 2.45) is 10.4 Å². The van der Waals surface area contributed by atoms with E-state index in [1.165, 1.54) is 68.1 Å². The molecule has 0 fully saturated rings. The summed E-state index contributed by atoms with van der Waals surface area (Å²) in [5.74, 6) is 2.73. The number of nitrogens with one attached hydrogen (secondary N) is 2. The number of urea groups is 1. The summed E-state index contributed by atoms with van der Waals surface area (Å²) in [6, 6.07) is 7.27. The number of amides is 3. The molecule has 6 rings (SSSR count). The molecule has 0 saturated carbocycles. The van der Waals surface area contributed by atoms with E-state index in [9.17, 15) is 22.4 Å². The molecule has 2 aromatic heterocycles. The van der Waals surface area contributed by atoms with E-state index in [0.717, 1.165) is 18.8 Å². The van der Waals surface area contributed by atoms with E-state index in [1.807, 2.05) is 9.29 Å². The van der Waals surface area contributed by atoms with E-state index < -0.39 is 21.9 Å². The van der Waals surface area contributed by atoms with Gasteiger partial charge in [-0.15, -0.1) is 11.4 Å². The van der Waals surface area contributed by atoms with Gasteiger partial charge in [-0.05, 0) is 23.6 Å². The van der Waals surface area contributed by atoms with Crippen LogP contribution in [0.1, 0.15) is 19.7 Å². The Hall–Kier alpha value is -5.85. The van der Waals surface area contributed by atoms with Gasteiger partial charge in [0.1, 0.15) is 34.5 Å². The topological polar surface area (TPSA) is 211 Å². The van der Waals surface area contributed by atoms with Crippen LogP contribution < -0.4 is 38.7 Å². The molecule has 0 radical (unpaired) electrons. The Morgan fingerprint density at radius 3 is 2.54 bits per heavy atom. The van der Waals surface area contributed by atoms with E-state index in [1.54, 1.807) is 6.07 Å². The maximum Gasteiger partial charge on any atom is 0.335 e. The highest BCUT2D eigenvalue weighted by Crippen LogP contribution is 2.37. The molecule has 0 aliphatic carbocycles. The zero-order valence-electron chi connectivity index (χ0n) is 29.8. The number of sulfonamides is 1. The van der Waals surface area contributed by atoms with E-state index >= 15 is 0 Å². The minimum atomic E-state index is -4.24. The number of ether oxygens (including phenoxy) is 5. The van der Waals surface area contributed by atoms with E-state index in [4.69, 9.17) is 30.1 Å². The number of para-hydroxylation sites is 1. The lowest BCUT2D eigenvalue weighted by Crippen LogP contribution is -2.39. The van der Waals surface area contributed by atoms with Gasteiger partial charge in [0.05, 0.1) is 33.1 Å². The Balaban J connectivity index is 0.000000208. The summed E-state index contributed by atoms with van der Waals surface area (Å²) in [4.78, 5) is 41.8. The van der Waals surface area contributed by atoms with Gasteiger partial charge in [-0.25, -0.2) is 27.3 Å². The number of aromatic nitrogens is 5. The van der Waals surface area contributed by atoms with Crippen LogP contribution in [0, 0.1) is 23.6 Å². The zero-order chi connectivity index (χ0) is 39.0. The molecule has 0 saturated heterocycles. The summed E-state index contributed by atoms with van der Waals surface area (Å²) in [5.41, 5.74) is 0.678. The molecule has 18 nitrogen and oxygen atoms in total. The van der Waals surface area contributed by atoms with E-state index in [0.29, 0.717) is 16.2 Å². The number of hydrogen-bond acceptors (Lipinski definition) is 15. The number of carbonyl (C=O) groups is 2. The van der Waals surface area contributed by atoms with Crippen molar-refractivity contribution >= 4 is 50.8 Å². The first-order chi connectivity index (χ1) is 25.8. The fourth-order valence-corrected chi connectivity index (χ4v) is 6.97. The summed E-state index contributed by atoms with van der Waals surface area (Å²) in [7, 11) is -0.133. The van der Waals surface area contributed by atoms with Gasteiger partial charge in [0.25, 0.3) is 15.9 Å². The quantitative estimate of drug-likeness (QED) is 0.166. The molecule has 0 bridgehead atoms. The second-order valence-electron chi connectivity index (χ2n) is 12.1. The van der Waals surface area contributed by atoms with Crippen molar-refractivity contribution < 1.29 is 46.1 Å². The number of terminal acetylenes is 1. The molecule has 2 N–H and O–H groups in total. The molecule has 2 aliphatic heterocycles. The lowest BCUT2D eigenvalue weighted by molar-refractivity contribution is -0.121. The normalized spacial score (nSPS) is 14.4. The number of hydrogen-bond donors (Lipinski definition) is 2. The Labute approximate surface area is 313 Å². The van der Waals surface area contributed by atoms with Gasteiger partial charge in [0, 0.05) is 37.7 Å². The highest BCUT2D eigenvalue weighted by molar-refractivity contribution is 7.90. The Morgan fingerprint density at radius 1 is 1.13 bits per heavy atom. The predicted octanol–water partition coefficient (Wildman–Crippen LogP) is 2.68. The number of carbonyl (C=O) groups excluding carboxylic acids is 2. The molecule has 3 amide bonds. The van der Waals surface area contributed by atoms with Crippen molar-refractivity contribution in [1.82, 2.24) is 28.6 Å². The Kier molecular flexibility index (Phi) is 12.3. The Bertz CT molecular complexity index is 2230. The largest absolute Gasteiger partial charge is 0.490 e. The monoisotopic (exact) mass is 785 g/mol. The van der Waals surface area contributed by atoms with Crippen LogP contribution in [0.3, 0.4) is 0 Å². The third-order valence-corrected chi connectivity index (χ3v) is 9.68. The number of nitrogens with zero attached hydrogens (tertiary/aromatic N) is 7. The summed E-state index contributed by atoms with van der Waals surface area (Å²) in [6.45, 7) is 5.46. The second kappa shape index (κ2) is 16.9. The fourth-order valence-electron chi connectivity index (χ4n) is 5.15. The van der Waals surface area contributed by atoms with Crippen molar-refractivity contribution in [3.8, 4) is 35.9 Å². The lowest BCUT2D eigenvalue weighted by atomic mass is 9.92. The molecule has 2 aromatic carbocycles. The highest BCUT2D eigenvalue weighted by Gasteiger charge is 2.31. The van der Waals surface area contributed by atoms with Gasteiger partial charge in [-0.3, -0.25) is 15.0 Å². The third-order valence-electron chi connectivity index (χ3n) is 7.53. The summed E-state index contributed by atoms with van der Waals surface area (Å²) >= 11 is 1.24. The van der Waals surface area contributed by atoms with Gasteiger partial charge in [-0.1, -0.05) is 31.9 Å². The van der Waals surface area contributed by atoms with Crippen molar-refractivity contribution in [2.75, 3.05) is 57.9 Å². The summed E-state index contributed by atoms with van der Waals surface area (Å²) in [5, 5.41) is 2.18. The maximum atomic E-state index is 14.5. The average molecular weight is 786 g/mol. The van der Waals surface area contributed by atoms with Crippen LogP contribution in [0.15, 0.2) is 46.3 Å². The molecule has 0 spiro atoms. The molecular weight excluding hydrogens is 750 g/mol. The molecule has 54 heavy (non-hydrogen) atoms. The van der Waals surface area contributed by atoms with Gasteiger partial charge >= 0.3 is 18.1 Å². The smallest absolute Gasteiger partial charge is 0.335 e. The number of methoxy groups -OCH3 is 3. The van der Waals surface area contributed by atoms with Crippen LogP contribution in [-0.4, -0.2) is 91.9 Å². The minimum absolute atomic E-state index is 0.0725. The predicted molar refractivity (Wildman–Crippen MR) is 192 cm³/mol. The van der Waals surface area contributed by atoms with Gasteiger partial charge in [0.15, 0.2) is 12.4 Å². The van der Waals surface area contributed by atoms with Crippen molar-refractivity contribution in [3.63, 3.8) is 0 Å². The number of fused-ring (bicyclic) bond motifs is 2. The fraction of sp³-hybridized carbons (Fsp3) is 0.364. The number of halogens is 1. The number of anilines is 2. The standard InChI is InChI=1S/C18H17FN4O2S.C15H19N5O7S/c1-4-5-22-13-7-12(11(19)6-14(13)25-9-16(22)24)20-17-23-10-18(2,3)8-15(23)21-26-17;1-24-8-9-27-10-6-4-5-7-11(10)28(22,23)20-13(21)16-12-17-14(25-2)19-15(18-12)26-3/h1,6-7H,5,8-10H2,2-3H3;4-7H,8-9H2,1-3H3,(H2,16,17,18,19,20,21)/b20-17-;. The first-order valence-corrected chi connectivity index (χ1v) is 18.2. The van der Waals surface area contributed by atoms with Crippen LogP contribution in [0.25, 0.3) is 0 Å². The molecule has 0 unspecified atom stereocenters. The second-order valence-corrected chi connectivity index (χ2v) is 14.5. The van der Waals surface area contributed by atoms with Crippen LogP contribution in [0.2, 0.25) is 0 Å². The maximum absolute atomic E-state index is 14.5. The van der Waals surface area contributed by atoms with Crippen LogP contribution in [-0.2, 0) is 32.5 Å². The highest BCUT2D eigenvalue weighted by atomic mass is 32.2. The van der Waals surface area contributed by atoms with E-state index in [2.05, 4.69) is 49.4 Å². The molecular formula is C33H36FN9O9S2. The van der Waals surface area contributed by atoms with E-state index in [-0.39, 0.29) is 72.0 Å². The van der Waals surface area contributed by atoms with Gasteiger partial charge in [-0.2, -0.15) is 14.3 Å². The van der Waals surface area contributed by atoms with Crippen LogP contribution >= 0.6 is 11.5 Å². The molecule has 286 valence electrons. The van der Waals surface area contributed by atoms with Crippen molar-refractivity contribution in [1.29, 1.82) is 0 Å².